The number of amides is 2. The monoisotopic (exact) mass is 216 g/mol. The predicted molar refractivity (Wildman–Crippen MR) is 54.3 cm³/mol. The van der Waals surface area contributed by atoms with Gasteiger partial charge in [-0.15, -0.1) is 11.6 Å². The van der Waals surface area contributed by atoms with E-state index in [1.807, 2.05) is 6.92 Å². The minimum Gasteiger partial charge on any atom is -0.312 e. The van der Waals surface area contributed by atoms with Crippen LogP contribution >= 0.6 is 11.6 Å². The average molecular weight is 217 g/mol. The van der Waals surface area contributed by atoms with Crippen LogP contribution in [0, 0.1) is 5.92 Å². The summed E-state index contributed by atoms with van der Waals surface area (Å²) in [6, 6.07) is 0. The second kappa shape index (κ2) is 4.55. The van der Waals surface area contributed by atoms with Gasteiger partial charge in [0, 0.05) is 0 Å². The van der Waals surface area contributed by atoms with E-state index >= 15 is 0 Å². The van der Waals surface area contributed by atoms with Gasteiger partial charge in [-0.25, -0.2) is 0 Å². The summed E-state index contributed by atoms with van der Waals surface area (Å²) < 4.78 is 0. The SMILES string of the molecule is CCCC1C(=O)N=C(C(C)Cl)NC1=O. The highest BCUT2D eigenvalue weighted by Gasteiger charge is 2.31. The van der Waals surface area contributed by atoms with Crippen molar-refractivity contribution >= 4 is 29.3 Å². The molecule has 78 valence electrons. The standard InChI is InChI=1S/C9H13ClN2O2/c1-3-4-6-8(13)11-7(5(2)10)12-9(6)14/h5-6H,3-4H2,1-2H3,(H,11,12,13,14). The van der Waals surface area contributed by atoms with Crippen LogP contribution in [0.25, 0.3) is 0 Å². The number of carbonyl (C=O) groups excluding carboxylic acids is 2. The normalized spacial score (nSPS) is 24.2. The van der Waals surface area contributed by atoms with Gasteiger partial charge in [-0.2, -0.15) is 4.99 Å². The van der Waals surface area contributed by atoms with Gasteiger partial charge in [-0.05, 0) is 13.3 Å². The number of aliphatic imine (C=N–C) groups is 1. The van der Waals surface area contributed by atoms with E-state index in [1.165, 1.54) is 0 Å². The average Bonchev–Trinajstić information content (AvgIpc) is 2.10. The molecule has 0 aromatic rings. The van der Waals surface area contributed by atoms with E-state index in [0.29, 0.717) is 6.42 Å². The van der Waals surface area contributed by atoms with E-state index < -0.39 is 11.3 Å². The van der Waals surface area contributed by atoms with Crippen LogP contribution in [0.1, 0.15) is 26.7 Å². The number of rotatable bonds is 3. The first-order valence-corrected chi connectivity index (χ1v) is 5.07. The van der Waals surface area contributed by atoms with Gasteiger partial charge in [-0.1, -0.05) is 13.3 Å². The van der Waals surface area contributed by atoms with Gasteiger partial charge in [-0.3, -0.25) is 9.59 Å². The summed E-state index contributed by atoms with van der Waals surface area (Å²) >= 11 is 5.71. The van der Waals surface area contributed by atoms with E-state index in [0.717, 1.165) is 6.42 Å². The third-order valence-corrected chi connectivity index (χ3v) is 2.26. The lowest BCUT2D eigenvalue weighted by Gasteiger charge is -2.20. The van der Waals surface area contributed by atoms with Crippen molar-refractivity contribution in [3.05, 3.63) is 0 Å². The maximum absolute atomic E-state index is 11.4. The van der Waals surface area contributed by atoms with Gasteiger partial charge in [0.2, 0.25) is 5.91 Å². The largest absolute Gasteiger partial charge is 0.312 e. The number of carbonyl (C=O) groups is 2. The molecule has 0 bridgehead atoms. The molecule has 4 nitrogen and oxygen atoms in total. The molecule has 14 heavy (non-hydrogen) atoms. The Morgan fingerprint density at radius 3 is 2.64 bits per heavy atom. The Balaban J connectivity index is 2.81. The molecule has 0 spiro atoms. The van der Waals surface area contributed by atoms with Gasteiger partial charge < -0.3 is 5.32 Å². The molecular formula is C9H13ClN2O2. The number of hydrogen-bond acceptors (Lipinski definition) is 2. The highest BCUT2D eigenvalue weighted by Crippen LogP contribution is 2.14. The molecule has 0 aliphatic carbocycles. The molecule has 0 saturated carbocycles. The van der Waals surface area contributed by atoms with Crippen LogP contribution in [0.4, 0.5) is 0 Å². The molecule has 1 N–H and O–H groups in total. The summed E-state index contributed by atoms with van der Waals surface area (Å²) in [6.45, 7) is 3.58. The second-order valence-electron chi connectivity index (χ2n) is 3.28. The van der Waals surface area contributed by atoms with Crippen LogP contribution in [-0.2, 0) is 9.59 Å². The molecule has 1 aliphatic heterocycles. The number of amidine groups is 1. The fourth-order valence-electron chi connectivity index (χ4n) is 1.28. The number of halogens is 1. The van der Waals surface area contributed by atoms with Crippen molar-refractivity contribution in [2.45, 2.75) is 32.1 Å². The Bertz CT molecular complexity index is 287. The van der Waals surface area contributed by atoms with Crippen LogP contribution in [0.3, 0.4) is 0 Å². The molecule has 0 saturated heterocycles. The third kappa shape index (κ3) is 2.32. The zero-order chi connectivity index (χ0) is 10.7. The number of nitrogens with one attached hydrogen (secondary N) is 1. The maximum atomic E-state index is 11.4. The summed E-state index contributed by atoms with van der Waals surface area (Å²) in [7, 11) is 0. The summed E-state index contributed by atoms with van der Waals surface area (Å²) in [5.74, 6) is -1.03. The summed E-state index contributed by atoms with van der Waals surface area (Å²) in [5.41, 5.74) is 0. The number of nitrogens with zero attached hydrogens (tertiary/aromatic N) is 1. The molecule has 0 aromatic heterocycles. The minimum absolute atomic E-state index is 0.258. The molecule has 2 atom stereocenters. The molecule has 1 rings (SSSR count). The van der Waals surface area contributed by atoms with Crippen molar-refractivity contribution < 1.29 is 9.59 Å². The summed E-state index contributed by atoms with van der Waals surface area (Å²) in [5, 5.41) is 2.10. The first kappa shape index (κ1) is 11.2. The topological polar surface area (TPSA) is 58.5 Å². The van der Waals surface area contributed by atoms with Crippen LogP contribution in [0.15, 0.2) is 4.99 Å². The van der Waals surface area contributed by atoms with Crippen LogP contribution < -0.4 is 5.32 Å². The lowest BCUT2D eigenvalue weighted by Crippen LogP contribution is -2.46. The quantitative estimate of drug-likeness (QED) is 0.567. The van der Waals surface area contributed by atoms with Gasteiger partial charge in [0.1, 0.15) is 11.8 Å². The van der Waals surface area contributed by atoms with Gasteiger partial charge in [0.15, 0.2) is 0 Å². The van der Waals surface area contributed by atoms with E-state index in [2.05, 4.69) is 10.3 Å². The van der Waals surface area contributed by atoms with Gasteiger partial charge >= 0.3 is 0 Å². The number of alkyl halides is 1. The molecular weight excluding hydrogens is 204 g/mol. The lowest BCUT2D eigenvalue weighted by molar-refractivity contribution is -0.133. The van der Waals surface area contributed by atoms with Gasteiger partial charge in [0.25, 0.3) is 5.91 Å². The second-order valence-corrected chi connectivity index (χ2v) is 3.94. The van der Waals surface area contributed by atoms with Crippen molar-refractivity contribution in [3.63, 3.8) is 0 Å². The molecule has 2 unspecified atom stereocenters. The zero-order valence-corrected chi connectivity index (χ0v) is 8.97. The van der Waals surface area contributed by atoms with Crippen molar-refractivity contribution in [2.75, 3.05) is 0 Å². The minimum atomic E-state index is -0.626. The van der Waals surface area contributed by atoms with E-state index in [4.69, 9.17) is 11.6 Å². The highest BCUT2D eigenvalue weighted by atomic mass is 35.5. The Kier molecular flexibility index (Phi) is 3.63. The van der Waals surface area contributed by atoms with Crippen molar-refractivity contribution in [3.8, 4) is 0 Å². The van der Waals surface area contributed by atoms with Crippen LogP contribution in [0.5, 0.6) is 0 Å². The van der Waals surface area contributed by atoms with Crippen molar-refractivity contribution in [1.29, 1.82) is 0 Å². The molecule has 1 aliphatic rings. The molecule has 5 heteroatoms. The Labute approximate surface area is 87.7 Å². The molecule has 0 fully saturated rings. The lowest BCUT2D eigenvalue weighted by atomic mass is 10.0. The first-order valence-electron chi connectivity index (χ1n) is 4.63. The predicted octanol–water partition coefficient (Wildman–Crippen LogP) is 1.08. The molecule has 1 heterocycles. The Morgan fingerprint density at radius 2 is 2.21 bits per heavy atom. The van der Waals surface area contributed by atoms with Crippen molar-refractivity contribution in [2.24, 2.45) is 10.9 Å². The Hall–Kier alpha value is -0.900. The first-order chi connectivity index (χ1) is 6.56. The maximum Gasteiger partial charge on any atom is 0.259 e. The van der Waals surface area contributed by atoms with Crippen molar-refractivity contribution in [1.82, 2.24) is 5.32 Å². The zero-order valence-electron chi connectivity index (χ0n) is 8.21. The molecule has 2 amide bonds. The molecule has 0 radical (unpaired) electrons. The van der Waals surface area contributed by atoms with E-state index in [1.54, 1.807) is 6.92 Å². The summed E-state index contributed by atoms with van der Waals surface area (Å²) in [6.07, 6.45) is 1.32. The van der Waals surface area contributed by atoms with Crippen LogP contribution in [0.2, 0.25) is 0 Å². The molecule has 0 aromatic carbocycles. The Morgan fingerprint density at radius 1 is 1.57 bits per heavy atom. The van der Waals surface area contributed by atoms with Crippen LogP contribution in [-0.4, -0.2) is 23.0 Å². The summed E-state index contributed by atoms with van der Waals surface area (Å²) in [4.78, 5) is 26.6. The van der Waals surface area contributed by atoms with E-state index in [-0.39, 0.29) is 17.6 Å². The highest BCUT2D eigenvalue weighted by molar-refractivity contribution is 6.34. The fraction of sp³-hybridized carbons (Fsp3) is 0.667. The van der Waals surface area contributed by atoms with Gasteiger partial charge in [0.05, 0.1) is 5.38 Å². The fourth-order valence-corrected chi connectivity index (χ4v) is 1.39. The van der Waals surface area contributed by atoms with E-state index in [9.17, 15) is 9.59 Å². The third-order valence-electron chi connectivity index (χ3n) is 2.05. The smallest absolute Gasteiger partial charge is 0.259 e. The number of hydrogen-bond donors (Lipinski definition) is 1.